The quantitative estimate of drug-likeness (QED) is 0.565. The molecular weight excluding hydrogens is 162 g/mol. The maximum absolute atomic E-state index is 10.3. The van der Waals surface area contributed by atoms with E-state index < -0.39 is 0 Å². The minimum Gasteiger partial charge on any atom is -0.323 e. The summed E-state index contributed by atoms with van der Waals surface area (Å²) in [5.41, 5.74) is 0. The molecular formula is C6H11N3OS. The Hall–Kier alpha value is -0.810. The van der Waals surface area contributed by atoms with E-state index in [4.69, 9.17) is 0 Å². The first-order valence-corrected chi connectivity index (χ1v) is 3.46. The molecule has 1 N–H and O–H groups in total. The van der Waals surface area contributed by atoms with Crippen molar-refractivity contribution in [2.45, 2.75) is 0 Å². The Labute approximate surface area is 71.0 Å². The molecule has 0 aliphatic rings. The lowest BCUT2D eigenvalue weighted by atomic mass is 10.9. The van der Waals surface area contributed by atoms with Gasteiger partial charge in [-0.15, -0.1) is 0 Å². The number of hydrogen-bond donors (Lipinski definition) is 2. The molecule has 0 bridgehead atoms. The SMILES string of the molecule is CNC.O=C(S)n1ccnc1. The van der Waals surface area contributed by atoms with E-state index in [1.54, 1.807) is 0 Å². The minimum absolute atomic E-state index is 0.317. The number of thiol groups is 1. The van der Waals surface area contributed by atoms with Gasteiger partial charge >= 0.3 is 0 Å². The third-order valence-corrected chi connectivity index (χ3v) is 0.956. The second-order valence-electron chi connectivity index (χ2n) is 1.75. The number of carbonyl (C=O) groups excluding carboxylic acids is 1. The van der Waals surface area contributed by atoms with Gasteiger partial charge in [0.1, 0.15) is 6.33 Å². The van der Waals surface area contributed by atoms with E-state index in [-0.39, 0.29) is 5.24 Å². The zero-order chi connectivity index (χ0) is 8.69. The molecule has 1 heterocycles. The molecule has 0 aliphatic carbocycles. The van der Waals surface area contributed by atoms with Crippen molar-refractivity contribution in [1.82, 2.24) is 14.9 Å². The van der Waals surface area contributed by atoms with Crippen LogP contribution >= 0.6 is 12.6 Å². The molecule has 0 saturated heterocycles. The molecule has 4 nitrogen and oxygen atoms in total. The Balaban J connectivity index is 0.000000292. The zero-order valence-corrected chi connectivity index (χ0v) is 7.38. The lowest BCUT2D eigenvalue weighted by molar-refractivity contribution is 0.262. The molecule has 5 heteroatoms. The van der Waals surface area contributed by atoms with Crippen LogP contribution in [0.2, 0.25) is 0 Å². The van der Waals surface area contributed by atoms with Gasteiger partial charge < -0.3 is 5.32 Å². The summed E-state index contributed by atoms with van der Waals surface area (Å²) in [5, 5.41) is 2.43. The highest BCUT2D eigenvalue weighted by molar-refractivity contribution is 7.96. The van der Waals surface area contributed by atoms with Crippen LogP contribution in [0.5, 0.6) is 0 Å². The number of nitrogens with zero attached hydrogens (tertiary/aromatic N) is 2. The Morgan fingerprint density at radius 2 is 2.18 bits per heavy atom. The van der Waals surface area contributed by atoms with E-state index in [1.165, 1.54) is 23.3 Å². The Bertz CT molecular complexity index is 198. The van der Waals surface area contributed by atoms with Crippen LogP contribution in [0, 0.1) is 0 Å². The van der Waals surface area contributed by atoms with Gasteiger partial charge in [0, 0.05) is 12.4 Å². The van der Waals surface area contributed by atoms with E-state index >= 15 is 0 Å². The van der Waals surface area contributed by atoms with Crippen LogP contribution in [-0.2, 0) is 0 Å². The number of hydrogen-bond acceptors (Lipinski definition) is 3. The van der Waals surface area contributed by atoms with E-state index in [9.17, 15) is 4.79 Å². The number of nitrogens with one attached hydrogen (secondary N) is 1. The second kappa shape index (κ2) is 5.94. The number of imidazole rings is 1. The van der Waals surface area contributed by atoms with E-state index in [1.807, 2.05) is 14.1 Å². The average molecular weight is 173 g/mol. The fourth-order valence-corrected chi connectivity index (χ4v) is 0.491. The third kappa shape index (κ3) is 4.58. The van der Waals surface area contributed by atoms with Crippen molar-refractivity contribution in [3.05, 3.63) is 18.7 Å². The summed E-state index contributed by atoms with van der Waals surface area (Å²) in [7, 11) is 3.75. The van der Waals surface area contributed by atoms with Crippen LogP contribution in [0.1, 0.15) is 0 Å². The van der Waals surface area contributed by atoms with Crippen LogP contribution in [0.25, 0.3) is 0 Å². The van der Waals surface area contributed by atoms with Gasteiger partial charge in [-0.25, -0.2) is 4.98 Å². The fourth-order valence-electron chi connectivity index (χ4n) is 0.372. The van der Waals surface area contributed by atoms with Crippen LogP contribution in [-0.4, -0.2) is 28.9 Å². The lowest BCUT2D eigenvalue weighted by Gasteiger charge is -1.86. The molecule has 0 spiro atoms. The molecule has 0 aliphatic heterocycles. The van der Waals surface area contributed by atoms with Crippen LogP contribution in [0.15, 0.2) is 18.7 Å². The minimum atomic E-state index is -0.317. The van der Waals surface area contributed by atoms with Crippen LogP contribution in [0.3, 0.4) is 0 Å². The molecule has 11 heavy (non-hydrogen) atoms. The Morgan fingerprint density at radius 1 is 1.64 bits per heavy atom. The van der Waals surface area contributed by atoms with Gasteiger partial charge in [-0.1, -0.05) is 12.6 Å². The zero-order valence-electron chi connectivity index (χ0n) is 6.48. The van der Waals surface area contributed by atoms with Crippen molar-refractivity contribution < 1.29 is 4.79 Å². The Kier molecular flexibility index (Phi) is 5.50. The summed E-state index contributed by atoms with van der Waals surface area (Å²) >= 11 is 3.54. The lowest BCUT2D eigenvalue weighted by Crippen LogP contribution is -1.96. The summed E-state index contributed by atoms with van der Waals surface area (Å²) in [6.45, 7) is 0. The topological polar surface area (TPSA) is 46.9 Å². The van der Waals surface area contributed by atoms with Crippen molar-refractivity contribution in [3.63, 3.8) is 0 Å². The van der Waals surface area contributed by atoms with Gasteiger partial charge in [0.15, 0.2) is 0 Å². The van der Waals surface area contributed by atoms with E-state index in [2.05, 4.69) is 22.9 Å². The van der Waals surface area contributed by atoms with Crippen molar-refractivity contribution in [2.24, 2.45) is 0 Å². The molecule has 0 fully saturated rings. The van der Waals surface area contributed by atoms with Crippen molar-refractivity contribution in [2.75, 3.05) is 14.1 Å². The molecule has 0 aromatic carbocycles. The molecule has 0 unspecified atom stereocenters. The first kappa shape index (κ1) is 10.2. The third-order valence-electron chi connectivity index (χ3n) is 0.725. The van der Waals surface area contributed by atoms with Gasteiger partial charge in [-0.05, 0) is 14.1 Å². The van der Waals surface area contributed by atoms with Gasteiger partial charge in [-0.3, -0.25) is 9.36 Å². The monoisotopic (exact) mass is 173 g/mol. The van der Waals surface area contributed by atoms with Gasteiger partial charge in [0.25, 0.3) is 5.24 Å². The van der Waals surface area contributed by atoms with Crippen molar-refractivity contribution in [1.29, 1.82) is 0 Å². The highest BCUT2D eigenvalue weighted by Gasteiger charge is 1.91. The molecule has 1 aromatic rings. The predicted octanol–water partition coefficient (Wildman–Crippen LogP) is 0.617. The van der Waals surface area contributed by atoms with Gasteiger partial charge in [0.2, 0.25) is 0 Å². The molecule has 1 rings (SSSR count). The van der Waals surface area contributed by atoms with E-state index in [0.717, 1.165) is 0 Å². The summed E-state index contributed by atoms with van der Waals surface area (Å²) in [5.74, 6) is 0. The summed E-state index contributed by atoms with van der Waals surface area (Å²) in [4.78, 5) is 13.9. The Morgan fingerprint density at radius 3 is 2.36 bits per heavy atom. The molecule has 0 saturated carbocycles. The number of aromatic nitrogens is 2. The van der Waals surface area contributed by atoms with Crippen molar-refractivity contribution in [3.8, 4) is 0 Å². The van der Waals surface area contributed by atoms with Gasteiger partial charge in [0.05, 0.1) is 0 Å². The van der Waals surface area contributed by atoms with Crippen molar-refractivity contribution >= 4 is 17.9 Å². The summed E-state index contributed by atoms with van der Waals surface area (Å²) < 4.78 is 1.28. The average Bonchev–Trinajstić information content (AvgIpc) is 2.38. The first-order chi connectivity index (χ1) is 5.22. The normalized spacial score (nSPS) is 8.27. The predicted molar refractivity (Wildman–Crippen MR) is 47.0 cm³/mol. The van der Waals surface area contributed by atoms with Crippen LogP contribution in [0.4, 0.5) is 4.79 Å². The maximum Gasteiger partial charge on any atom is 0.287 e. The molecule has 62 valence electrons. The molecule has 0 atom stereocenters. The number of carbonyl (C=O) groups is 1. The first-order valence-electron chi connectivity index (χ1n) is 3.02. The molecule has 0 amide bonds. The molecule has 0 radical (unpaired) electrons. The van der Waals surface area contributed by atoms with Crippen LogP contribution < -0.4 is 5.32 Å². The fraction of sp³-hybridized carbons (Fsp3) is 0.333. The summed E-state index contributed by atoms with van der Waals surface area (Å²) in [6, 6.07) is 0. The van der Waals surface area contributed by atoms with Gasteiger partial charge in [-0.2, -0.15) is 0 Å². The number of rotatable bonds is 0. The largest absolute Gasteiger partial charge is 0.323 e. The second-order valence-corrected chi connectivity index (χ2v) is 2.14. The standard InChI is InChI=1S/C4H4N2OS.C2H7N/c7-4(8)6-2-1-5-3-6;1-3-2/h1-3H,(H,7,8);3H,1-2H3. The smallest absolute Gasteiger partial charge is 0.287 e. The molecule has 1 aromatic heterocycles. The highest BCUT2D eigenvalue weighted by Crippen LogP contribution is 1.88. The van der Waals surface area contributed by atoms with E-state index in [0.29, 0.717) is 0 Å². The maximum atomic E-state index is 10.3. The highest BCUT2D eigenvalue weighted by atomic mass is 32.1. The summed E-state index contributed by atoms with van der Waals surface area (Å²) in [6.07, 6.45) is 4.46.